The van der Waals surface area contributed by atoms with Crippen LogP contribution >= 0.6 is 11.6 Å². The van der Waals surface area contributed by atoms with Crippen molar-refractivity contribution in [1.82, 2.24) is 0 Å². The van der Waals surface area contributed by atoms with Crippen molar-refractivity contribution in [2.45, 2.75) is 58.0 Å². The minimum atomic E-state index is 0.222. The van der Waals surface area contributed by atoms with E-state index in [1.165, 1.54) is 32.1 Å². The van der Waals surface area contributed by atoms with Gasteiger partial charge in [-0.15, -0.1) is 0 Å². The smallest absolute Gasteiger partial charge is 0.151 e. The lowest BCUT2D eigenvalue weighted by atomic mass is 9.83. The molecule has 0 N–H and O–H groups in total. The van der Waals surface area contributed by atoms with Crippen LogP contribution in [0, 0.1) is 5.92 Å². The first-order valence-electron chi connectivity index (χ1n) is 7.66. The molecule has 3 heteroatoms. The van der Waals surface area contributed by atoms with E-state index in [0.29, 0.717) is 22.3 Å². The van der Waals surface area contributed by atoms with Crippen molar-refractivity contribution in [3.05, 3.63) is 28.8 Å². The van der Waals surface area contributed by atoms with Crippen LogP contribution in [0.4, 0.5) is 0 Å². The summed E-state index contributed by atoms with van der Waals surface area (Å²) in [6.07, 6.45) is 9.59. The van der Waals surface area contributed by atoms with E-state index in [4.69, 9.17) is 16.3 Å². The number of hydrogen-bond acceptors (Lipinski definition) is 2. The molecule has 0 saturated heterocycles. The number of rotatable bonds is 6. The third-order valence-electron chi connectivity index (χ3n) is 4.15. The van der Waals surface area contributed by atoms with Gasteiger partial charge in [0.25, 0.3) is 0 Å². The van der Waals surface area contributed by atoms with E-state index in [0.717, 1.165) is 19.1 Å². The van der Waals surface area contributed by atoms with Crippen LogP contribution in [0.2, 0.25) is 5.02 Å². The van der Waals surface area contributed by atoms with E-state index in [1.54, 1.807) is 6.07 Å². The summed E-state index contributed by atoms with van der Waals surface area (Å²) in [5.74, 6) is 1.28. The minimum absolute atomic E-state index is 0.222. The maximum absolute atomic E-state index is 11.0. The van der Waals surface area contributed by atoms with Crippen LogP contribution in [0.5, 0.6) is 5.75 Å². The highest BCUT2D eigenvalue weighted by Gasteiger charge is 2.25. The molecule has 1 aromatic rings. The normalized spacial score (nSPS) is 17.7. The molecule has 0 spiro atoms. The lowest BCUT2D eigenvalue weighted by Gasteiger charge is -2.31. The van der Waals surface area contributed by atoms with E-state index < -0.39 is 0 Å². The van der Waals surface area contributed by atoms with Gasteiger partial charge in [-0.3, -0.25) is 4.79 Å². The van der Waals surface area contributed by atoms with Crippen LogP contribution in [0.15, 0.2) is 18.2 Å². The highest BCUT2D eigenvalue weighted by molar-refractivity contribution is 6.34. The number of carbonyl (C=O) groups excluding carboxylic acids is 1. The monoisotopic (exact) mass is 294 g/mol. The number of hydrogen-bond donors (Lipinski definition) is 0. The van der Waals surface area contributed by atoms with Crippen LogP contribution < -0.4 is 4.74 Å². The van der Waals surface area contributed by atoms with Gasteiger partial charge in [0.15, 0.2) is 6.29 Å². The molecule has 1 atom stereocenters. The highest BCUT2D eigenvalue weighted by Crippen LogP contribution is 2.34. The van der Waals surface area contributed by atoms with Crippen molar-refractivity contribution in [2.75, 3.05) is 0 Å². The summed E-state index contributed by atoms with van der Waals surface area (Å²) < 4.78 is 6.18. The maximum atomic E-state index is 11.0. The quantitative estimate of drug-likeness (QED) is 0.667. The fourth-order valence-corrected chi connectivity index (χ4v) is 3.27. The zero-order valence-electron chi connectivity index (χ0n) is 12.1. The maximum Gasteiger partial charge on any atom is 0.151 e. The molecule has 0 bridgehead atoms. The second-order valence-corrected chi connectivity index (χ2v) is 6.00. The Kier molecular flexibility index (Phi) is 5.90. The van der Waals surface area contributed by atoms with E-state index in [-0.39, 0.29) is 6.10 Å². The average molecular weight is 295 g/mol. The summed E-state index contributed by atoms with van der Waals surface area (Å²) in [4.78, 5) is 11.0. The van der Waals surface area contributed by atoms with Crippen molar-refractivity contribution in [3.8, 4) is 5.75 Å². The van der Waals surface area contributed by atoms with Gasteiger partial charge >= 0.3 is 0 Å². The van der Waals surface area contributed by atoms with Crippen molar-refractivity contribution in [3.63, 3.8) is 0 Å². The number of aldehydes is 1. The molecule has 1 aromatic carbocycles. The Morgan fingerprint density at radius 1 is 1.35 bits per heavy atom. The van der Waals surface area contributed by atoms with Crippen molar-refractivity contribution in [2.24, 2.45) is 5.92 Å². The first-order valence-corrected chi connectivity index (χ1v) is 8.04. The summed E-state index contributed by atoms with van der Waals surface area (Å²) in [5.41, 5.74) is 0.503. The van der Waals surface area contributed by atoms with Gasteiger partial charge in [-0.25, -0.2) is 0 Å². The van der Waals surface area contributed by atoms with Crippen molar-refractivity contribution < 1.29 is 9.53 Å². The van der Waals surface area contributed by atoms with Gasteiger partial charge in [0, 0.05) is 5.56 Å². The molecule has 2 nitrogen and oxygen atoms in total. The third kappa shape index (κ3) is 3.76. The molecule has 1 saturated carbocycles. The lowest BCUT2D eigenvalue weighted by Crippen LogP contribution is -2.28. The fourth-order valence-electron chi connectivity index (χ4n) is 3.05. The Hall–Kier alpha value is -1.02. The molecule has 1 fully saturated rings. The number of ether oxygens (including phenoxy) is 1. The number of carbonyl (C=O) groups is 1. The van der Waals surface area contributed by atoms with Gasteiger partial charge in [0.2, 0.25) is 0 Å². The second kappa shape index (κ2) is 7.68. The molecule has 110 valence electrons. The van der Waals surface area contributed by atoms with Gasteiger partial charge in [-0.1, -0.05) is 50.3 Å². The molecule has 1 unspecified atom stereocenters. The Balaban J connectivity index is 2.12. The summed E-state index contributed by atoms with van der Waals surface area (Å²) >= 11 is 6.24. The third-order valence-corrected chi connectivity index (χ3v) is 4.55. The molecule has 0 aliphatic heterocycles. The topological polar surface area (TPSA) is 26.3 Å². The number of benzene rings is 1. The zero-order chi connectivity index (χ0) is 14.4. The minimum Gasteiger partial charge on any atom is -0.489 e. The van der Waals surface area contributed by atoms with Gasteiger partial charge in [-0.05, 0) is 37.3 Å². The van der Waals surface area contributed by atoms with E-state index in [9.17, 15) is 4.79 Å². The Labute approximate surface area is 126 Å². The predicted octanol–water partition coefficient (Wildman–Crippen LogP) is 5.28. The van der Waals surface area contributed by atoms with Crippen molar-refractivity contribution >= 4 is 17.9 Å². The van der Waals surface area contributed by atoms with Gasteiger partial charge in [0.05, 0.1) is 5.02 Å². The molecular formula is C17H23ClO2. The number of halogens is 1. The molecule has 20 heavy (non-hydrogen) atoms. The Morgan fingerprint density at radius 2 is 2.10 bits per heavy atom. The summed E-state index contributed by atoms with van der Waals surface area (Å²) in [7, 11) is 0. The standard InChI is InChI=1S/C17H23ClO2/c1-2-7-15(13-8-4-3-5-9-13)20-16-11-6-10-14(12-19)17(16)18/h6,10-13,15H,2-5,7-9H2,1H3. The summed E-state index contributed by atoms with van der Waals surface area (Å²) in [6.45, 7) is 2.18. The van der Waals surface area contributed by atoms with Gasteiger partial charge in [-0.2, -0.15) is 0 Å². The van der Waals surface area contributed by atoms with Crippen LogP contribution in [0.1, 0.15) is 62.2 Å². The second-order valence-electron chi connectivity index (χ2n) is 5.62. The molecule has 0 aromatic heterocycles. The van der Waals surface area contributed by atoms with E-state index in [2.05, 4.69) is 6.92 Å². The molecule has 1 aliphatic rings. The average Bonchev–Trinajstić information content (AvgIpc) is 2.49. The fraction of sp³-hybridized carbons (Fsp3) is 0.588. The molecule has 0 amide bonds. The lowest BCUT2D eigenvalue weighted by molar-refractivity contribution is 0.0985. The first-order chi connectivity index (χ1) is 9.76. The molecule has 0 heterocycles. The molecule has 2 rings (SSSR count). The molecular weight excluding hydrogens is 272 g/mol. The zero-order valence-corrected chi connectivity index (χ0v) is 12.9. The van der Waals surface area contributed by atoms with Crippen molar-refractivity contribution in [1.29, 1.82) is 0 Å². The molecule has 0 radical (unpaired) electrons. The van der Waals surface area contributed by atoms with Gasteiger partial charge in [0.1, 0.15) is 11.9 Å². The van der Waals surface area contributed by atoms with Gasteiger partial charge < -0.3 is 4.74 Å². The van der Waals surface area contributed by atoms with Crippen LogP contribution in [0.3, 0.4) is 0 Å². The Bertz CT molecular complexity index is 439. The predicted molar refractivity (Wildman–Crippen MR) is 82.7 cm³/mol. The first kappa shape index (κ1) is 15.4. The van der Waals surface area contributed by atoms with E-state index >= 15 is 0 Å². The van der Waals surface area contributed by atoms with E-state index in [1.807, 2.05) is 12.1 Å². The van der Waals surface area contributed by atoms with Crippen LogP contribution in [-0.2, 0) is 0 Å². The summed E-state index contributed by atoms with van der Waals surface area (Å²) in [5, 5.41) is 0.444. The van der Waals surface area contributed by atoms with Crippen LogP contribution in [-0.4, -0.2) is 12.4 Å². The highest BCUT2D eigenvalue weighted by atomic mass is 35.5. The summed E-state index contributed by atoms with van der Waals surface area (Å²) in [6, 6.07) is 5.41. The molecule has 1 aliphatic carbocycles. The van der Waals surface area contributed by atoms with Crippen LogP contribution in [0.25, 0.3) is 0 Å². The largest absolute Gasteiger partial charge is 0.489 e. The SMILES string of the molecule is CCCC(Oc1cccc(C=O)c1Cl)C1CCCCC1. The Morgan fingerprint density at radius 3 is 2.75 bits per heavy atom.